The molecule has 0 bridgehead atoms. The number of hydrogen-bond acceptors (Lipinski definition) is 3. The lowest BCUT2D eigenvalue weighted by molar-refractivity contribution is -0.131. The van der Waals surface area contributed by atoms with Gasteiger partial charge in [-0.2, -0.15) is 0 Å². The summed E-state index contributed by atoms with van der Waals surface area (Å²) in [6.45, 7) is 0. The summed E-state index contributed by atoms with van der Waals surface area (Å²) in [6, 6.07) is 12.2. The fourth-order valence-electron chi connectivity index (χ4n) is 1.43. The Bertz CT molecular complexity index is 605. The minimum atomic E-state index is -0.918. The fraction of sp³-hybridized carbons (Fsp3) is 0.0714. The second-order valence-corrected chi connectivity index (χ2v) is 6.89. The molecular weight excluding hydrogens is 344 g/mol. The fourth-order valence-corrected chi connectivity index (χ4v) is 3.89. The van der Waals surface area contributed by atoms with E-state index in [4.69, 9.17) is 5.11 Å². The molecule has 0 fully saturated rings. The van der Waals surface area contributed by atoms with Crippen molar-refractivity contribution in [3.8, 4) is 0 Å². The molecule has 0 spiro atoms. The van der Waals surface area contributed by atoms with Crippen molar-refractivity contribution < 1.29 is 9.90 Å². The average Bonchev–Trinajstić information content (AvgIpc) is 2.82. The second-order valence-electron chi connectivity index (χ2n) is 3.72. The predicted octanol–water partition coefficient (Wildman–Crippen LogP) is 4.90. The van der Waals surface area contributed by atoms with E-state index in [0.29, 0.717) is 0 Å². The lowest BCUT2D eigenvalue weighted by Crippen LogP contribution is -1.84. The van der Waals surface area contributed by atoms with Crippen LogP contribution in [0.5, 0.6) is 0 Å². The van der Waals surface area contributed by atoms with Gasteiger partial charge in [0.15, 0.2) is 0 Å². The van der Waals surface area contributed by atoms with Crippen molar-refractivity contribution in [1.29, 1.82) is 0 Å². The summed E-state index contributed by atoms with van der Waals surface area (Å²) in [5, 5.41) is 8.57. The van der Waals surface area contributed by atoms with Crippen LogP contribution in [-0.2, 0) is 10.5 Å². The highest BCUT2D eigenvalue weighted by Gasteiger charge is 2.01. The van der Waals surface area contributed by atoms with Crippen molar-refractivity contribution in [2.45, 2.75) is 10.6 Å². The lowest BCUT2D eigenvalue weighted by Gasteiger charge is -2.00. The molecule has 0 aliphatic heterocycles. The highest BCUT2D eigenvalue weighted by atomic mass is 79.9. The van der Waals surface area contributed by atoms with Crippen LogP contribution >= 0.6 is 39.0 Å². The van der Waals surface area contributed by atoms with Gasteiger partial charge in [-0.1, -0.05) is 22.0 Å². The summed E-state index contributed by atoms with van der Waals surface area (Å²) in [6.07, 6.45) is 2.79. The summed E-state index contributed by atoms with van der Waals surface area (Å²) in [7, 11) is 0. The topological polar surface area (TPSA) is 37.3 Å². The van der Waals surface area contributed by atoms with Gasteiger partial charge in [-0.25, -0.2) is 4.79 Å². The lowest BCUT2D eigenvalue weighted by atomic mass is 10.4. The van der Waals surface area contributed by atoms with Crippen LogP contribution in [0.4, 0.5) is 0 Å². The predicted molar refractivity (Wildman–Crippen MR) is 84.7 cm³/mol. The third-order valence-electron chi connectivity index (χ3n) is 2.25. The highest BCUT2D eigenvalue weighted by molar-refractivity contribution is 9.10. The van der Waals surface area contributed by atoms with Crippen LogP contribution in [0.1, 0.15) is 9.75 Å². The monoisotopic (exact) mass is 354 g/mol. The molecule has 1 aromatic heterocycles. The molecule has 0 aliphatic carbocycles. The SMILES string of the molecule is O=C(O)C=Cc1ccc(CSc2cccc(Br)c2)s1. The molecule has 0 radical (unpaired) electrons. The zero-order chi connectivity index (χ0) is 13.7. The van der Waals surface area contributed by atoms with Gasteiger partial charge < -0.3 is 5.11 Å². The smallest absolute Gasteiger partial charge is 0.328 e. The Balaban J connectivity index is 1.95. The molecule has 0 saturated heterocycles. The van der Waals surface area contributed by atoms with Gasteiger partial charge in [-0.15, -0.1) is 23.1 Å². The Morgan fingerprint density at radius 2 is 2.21 bits per heavy atom. The van der Waals surface area contributed by atoms with Crippen molar-refractivity contribution in [2.24, 2.45) is 0 Å². The molecule has 1 N–H and O–H groups in total. The van der Waals surface area contributed by atoms with Crippen molar-refractivity contribution in [2.75, 3.05) is 0 Å². The Morgan fingerprint density at radius 1 is 1.37 bits per heavy atom. The molecule has 0 atom stereocenters. The number of aliphatic carboxylic acids is 1. The third kappa shape index (κ3) is 4.86. The van der Waals surface area contributed by atoms with E-state index in [1.54, 1.807) is 29.2 Å². The Labute approximate surface area is 128 Å². The van der Waals surface area contributed by atoms with Gasteiger partial charge in [0, 0.05) is 31.0 Å². The molecule has 2 nitrogen and oxygen atoms in total. The van der Waals surface area contributed by atoms with Crippen LogP contribution in [0.2, 0.25) is 0 Å². The Hall–Kier alpha value is -1.04. The van der Waals surface area contributed by atoms with Crippen LogP contribution in [0, 0.1) is 0 Å². The number of carboxylic acids is 1. The molecule has 0 amide bonds. The van der Waals surface area contributed by atoms with Gasteiger partial charge in [0.25, 0.3) is 0 Å². The summed E-state index contributed by atoms with van der Waals surface area (Å²) < 4.78 is 1.08. The largest absolute Gasteiger partial charge is 0.478 e. The van der Waals surface area contributed by atoms with E-state index < -0.39 is 5.97 Å². The van der Waals surface area contributed by atoms with Gasteiger partial charge in [0.2, 0.25) is 0 Å². The van der Waals surface area contributed by atoms with Crippen LogP contribution in [0.3, 0.4) is 0 Å². The van der Waals surface area contributed by atoms with Crippen molar-refractivity contribution in [3.63, 3.8) is 0 Å². The average molecular weight is 355 g/mol. The zero-order valence-electron chi connectivity index (χ0n) is 9.88. The minimum absolute atomic E-state index is 0.891. The maximum absolute atomic E-state index is 10.4. The standard InChI is InChI=1S/C14H11BrO2S2/c15-10-2-1-3-12(8-10)18-9-13-5-4-11(19-13)6-7-14(16)17/h1-8H,9H2,(H,16,17). The summed E-state index contributed by atoms with van der Waals surface area (Å²) in [5.41, 5.74) is 0. The second kappa shape index (κ2) is 6.93. The van der Waals surface area contributed by atoms with Gasteiger partial charge in [-0.05, 0) is 36.4 Å². The van der Waals surface area contributed by atoms with E-state index in [-0.39, 0.29) is 0 Å². The van der Waals surface area contributed by atoms with E-state index >= 15 is 0 Å². The quantitative estimate of drug-likeness (QED) is 0.612. The molecule has 1 aromatic carbocycles. The number of thiophene rings is 1. The number of carboxylic acid groups (broad SMARTS) is 1. The van der Waals surface area contributed by atoms with Crippen LogP contribution in [-0.4, -0.2) is 11.1 Å². The van der Waals surface area contributed by atoms with Gasteiger partial charge in [-0.3, -0.25) is 0 Å². The first-order chi connectivity index (χ1) is 9.13. The van der Waals surface area contributed by atoms with E-state index in [0.717, 1.165) is 21.2 Å². The molecule has 0 unspecified atom stereocenters. The minimum Gasteiger partial charge on any atom is -0.478 e. The van der Waals surface area contributed by atoms with Gasteiger partial charge >= 0.3 is 5.97 Å². The van der Waals surface area contributed by atoms with Crippen molar-refractivity contribution in [3.05, 3.63) is 56.7 Å². The Kier molecular flexibility index (Phi) is 5.24. The van der Waals surface area contributed by atoms with Crippen LogP contribution < -0.4 is 0 Å². The van der Waals surface area contributed by atoms with E-state index in [2.05, 4.69) is 28.1 Å². The number of benzene rings is 1. The summed E-state index contributed by atoms with van der Waals surface area (Å²) in [5.74, 6) is -0.0272. The van der Waals surface area contributed by atoms with E-state index in [9.17, 15) is 4.79 Å². The zero-order valence-corrected chi connectivity index (χ0v) is 13.1. The van der Waals surface area contributed by atoms with E-state index in [1.807, 2.05) is 24.3 Å². The molecule has 0 aliphatic rings. The number of hydrogen-bond donors (Lipinski definition) is 1. The molecular formula is C14H11BrO2S2. The number of rotatable bonds is 5. The maximum Gasteiger partial charge on any atom is 0.328 e. The van der Waals surface area contributed by atoms with Gasteiger partial charge in [0.1, 0.15) is 0 Å². The first-order valence-electron chi connectivity index (χ1n) is 5.51. The Morgan fingerprint density at radius 3 is 2.95 bits per heavy atom. The molecule has 19 heavy (non-hydrogen) atoms. The van der Waals surface area contributed by atoms with Crippen LogP contribution in [0.25, 0.3) is 6.08 Å². The number of halogens is 1. The first-order valence-corrected chi connectivity index (χ1v) is 8.11. The number of carbonyl (C=O) groups is 1. The first kappa shape index (κ1) is 14.4. The normalized spacial score (nSPS) is 11.0. The van der Waals surface area contributed by atoms with Gasteiger partial charge in [0.05, 0.1) is 0 Å². The molecule has 2 aromatic rings. The van der Waals surface area contributed by atoms with Crippen molar-refractivity contribution >= 4 is 51.1 Å². The number of thioether (sulfide) groups is 1. The molecule has 0 saturated carbocycles. The summed E-state index contributed by atoms with van der Waals surface area (Å²) in [4.78, 5) is 13.8. The molecule has 2 rings (SSSR count). The maximum atomic E-state index is 10.4. The summed E-state index contributed by atoms with van der Waals surface area (Å²) >= 11 is 6.83. The van der Waals surface area contributed by atoms with E-state index in [1.165, 1.54) is 9.77 Å². The highest BCUT2D eigenvalue weighted by Crippen LogP contribution is 2.28. The molecule has 1 heterocycles. The molecule has 5 heteroatoms. The molecule has 98 valence electrons. The van der Waals surface area contributed by atoms with Crippen molar-refractivity contribution in [1.82, 2.24) is 0 Å². The van der Waals surface area contributed by atoms with Crippen LogP contribution in [0.15, 0.2) is 51.8 Å². The third-order valence-corrected chi connectivity index (χ3v) is 5.02.